The number of imidazole rings is 1. The van der Waals surface area contributed by atoms with Gasteiger partial charge in [0.1, 0.15) is 0 Å². The number of rotatable bonds is 1. The minimum Gasteiger partial charge on any atom is -0.341 e. The molecule has 0 fully saturated rings. The molecule has 2 rings (SSSR count). The van der Waals surface area contributed by atoms with Crippen molar-refractivity contribution in [2.24, 2.45) is 0 Å². The molecular weight excluding hydrogens is 207 g/mol. The highest BCUT2D eigenvalue weighted by Gasteiger charge is 2.02. The quantitative estimate of drug-likeness (QED) is 0.772. The zero-order valence-electron chi connectivity index (χ0n) is 6.51. The highest BCUT2D eigenvalue weighted by molar-refractivity contribution is 6.42. The fourth-order valence-corrected chi connectivity index (χ4v) is 1.33. The van der Waals surface area contributed by atoms with Crippen LogP contribution in [0.3, 0.4) is 0 Å². The van der Waals surface area contributed by atoms with E-state index in [0.717, 1.165) is 11.3 Å². The van der Waals surface area contributed by atoms with Gasteiger partial charge in [-0.25, -0.2) is 4.98 Å². The lowest BCUT2D eigenvalue weighted by Crippen LogP contribution is -1.77. The second kappa shape index (κ2) is 3.40. The van der Waals surface area contributed by atoms with Crippen LogP contribution in [0.25, 0.3) is 11.3 Å². The van der Waals surface area contributed by atoms with Crippen LogP contribution in [-0.4, -0.2) is 9.97 Å². The van der Waals surface area contributed by atoms with Gasteiger partial charge in [0.2, 0.25) is 0 Å². The number of nitrogens with one attached hydrogen (secondary N) is 1. The number of nitrogens with zero attached hydrogens (tertiary/aromatic N) is 1. The first-order valence-electron chi connectivity index (χ1n) is 3.64. The maximum Gasteiger partial charge on any atom is 0.174 e. The third-order valence-corrected chi connectivity index (χ3v) is 2.40. The van der Waals surface area contributed by atoms with Gasteiger partial charge in [-0.1, -0.05) is 29.3 Å². The monoisotopic (exact) mass is 211 g/mol. The predicted octanol–water partition coefficient (Wildman–Crippen LogP) is 3.18. The van der Waals surface area contributed by atoms with E-state index in [0.29, 0.717) is 10.0 Å². The van der Waals surface area contributed by atoms with E-state index in [1.54, 1.807) is 18.3 Å². The third kappa shape index (κ3) is 1.69. The molecule has 1 radical (unpaired) electrons. The van der Waals surface area contributed by atoms with Gasteiger partial charge in [-0.05, 0) is 12.1 Å². The van der Waals surface area contributed by atoms with Crippen molar-refractivity contribution >= 4 is 23.2 Å². The smallest absolute Gasteiger partial charge is 0.174 e. The number of hydrogen-bond acceptors (Lipinski definition) is 1. The van der Waals surface area contributed by atoms with Crippen molar-refractivity contribution < 1.29 is 0 Å². The van der Waals surface area contributed by atoms with Crippen molar-refractivity contribution in [1.29, 1.82) is 0 Å². The Morgan fingerprint density at radius 2 is 2.08 bits per heavy atom. The molecule has 0 saturated heterocycles. The summed E-state index contributed by atoms with van der Waals surface area (Å²) in [7, 11) is 0. The summed E-state index contributed by atoms with van der Waals surface area (Å²) in [4.78, 5) is 6.73. The van der Waals surface area contributed by atoms with E-state index in [9.17, 15) is 0 Å². The normalized spacial score (nSPS) is 10.3. The van der Waals surface area contributed by atoms with Crippen molar-refractivity contribution in [3.05, 3.63) is 40.8 Å². The van der Waals surface area contributed by atoms with E-state index >= 15 is 0 Å². The summed E-state index contributed by atoms with van der Waals surface area (Å²) >= 11 is 11.6. The van der Waals surface area contributed by atoms with Crippen LogP contribution in [-0.2, 0) is 0 Å². The SMILES string of the molecule is Clc1ccc(-c2c[nH][c]n2)cc1Cl. The summed E-state index contributed by atoms with van der Waals surface area (Å²) in [6, 6.07) is 5.38. The standard InChI is InChI=1S/C9H5Cl2N2/c10-7-2-1-6(3-8(7)11)9-4-12-5-13-9/h1-4H,(H,12,13). The van der Waals surface area contributed by atoms with Crippen LogP contribution in [0.5, 0.6) is 0 Å². The lowest BCUT2D eigenvalue weighted by atomic mass is 10.2. The molecule has 0 amide bonds. The molecule has 65 valence electrons. The van der Waals surface area contributed by atoms with Crippen molar-refractivity contribution in [3.63, 3.8) is 0 Å². The van der Waals surface area contributed by atoms with Gasteiger partial charge in [0.05, 0.1) is 15.7 Å². The summed E-state index contributed by atoms with van der Waals surface area (Å²) < 4.78 is 0. The molecule has 13 heavy (non-hydrogen) atoms. The fourth-order valence-electron chi connectivity index (χ4n) is 1.03. The lowest BCUT2D eigenvalue weighted by molar-refractivity contribution is 1.29. The Morgan fingerprint density at radius 1 is 1.23 bits per heavy atom. The molecule has 0 aliphatic heterocycles. The Labute approximate surface area is 85.5 Å². The number of aromatic amines is 1. The number of H-pyrrole nitrogens is 1. The first-order chi connectivity index (χ1) is 6.27. The van der Waals surface area contributed by atoms with Gasteiger partial charge < -0.3 is 4.98 Å². The van der Waals surface area contributed by atoms with Crippen LogP contribution in [0, 0.1) is 6.33 Å². The minimum absolute atomic E-state index is 0.530. The van der Waals surface area contributed by atoms with E-state index in [2.05, 4.69) is 16.3 Å². The average molecular weight is 212 g/mol. The van der Waals surface area contributed by atoms with E-state index in [1.165, 1.54) is 0 Å². The molecule has 2 nitrogen and oxygen atoms in total. The van der Waals surface area contributed by atoms with Crippen molar-refractivity contribution in [2.45, 2.75) is 0 Å². The van der Waals surface area contributed by atoms with Crippen molar-refractivity contribution in [1.82, 2.24) is 9.97 Å². The summed E-state index contributed by atoms with van der Waals surface area (Å²) in [6.45, 7) is 0. The zero-order chi connectivity index (χ0) is 9.26. The first kappa shape index (κ1) is 8.60. The highest BCUT2D eigenvalue weighted by Crippen LogP contribution is 2.26. The van der Waals surface area contributed by atoms with Crippen LogP contribution < -0.4 is 0 Å². The van der Waals surface area contributed by atoms with Crippen molar-refractivity contribution in [2.75, 3.05) is 0 Å². The van der Waals surface area contributed by atoms with Gasteiger partial charge in [-0.2, -0.15) is 0 Å². The fraction of sp³-hybridized carbons (Fsp3) is 0. The molecule has 0 atom stereocenters. The number of halogens is 2. The molecule has 0 saturated carbocycles. The van der Waals surface area contributed by atoms with Gasteiger partial charge in [-0.15, -0.1) is 0 Å². The molecule has 4 heteroatoms. The van der Waals surface area contributed by atoms with Crippen LogP contribution in [0.2, 0.25) is 10.0 Å². The Hall–Kier alpha value is -0.990. The molecule has 2 aromatic rings. The average Bonchev–Trinajstić information content (AvgIpc) is 2.62. The Bertz CT molecular complexity index is 410. The van der Waals surface area contributed by atoms with Gasteiger partial charge >= 0.3 is 0 Å². The van der Waals surface area contributed by atoms with Crippen LogP contribution in [0.4, 0.5) is 0 Å². The molecule has 0 bridgehead atoms. The Balaban J connectivity index is 2.49. The molecule has 1 aromatic carbocycles. The van der Waals surface area contributed by atoms with Gasteiger partial charge in [-0.3, -0.25) is 0 Å². The Kier molecular flexibility index (Phi) is 2.25. The van der Waals surface area contributed by atoms with Crippen molar-refractivity contribution in [3.8, 4) is 11.3 Å². The lowest BCUT2D eigenvalue weighted by Gasteiger charge is -1.98. The van der Waals surface area contributed by atoms with E-state index < -0.39 is 0 Å². The molecule has 0 aliphatic carbocycles. The van der Waals surface area contributed by atoms with E-state index in [1.807, 2.05) is 6.07 Å². The molecule has 1 heterocycles. The summed E-state index contributed by atoms with van der Waals surface area (Å²) in [5.74, 6) is 0. The van der Waals surface area contributed by atoms with Gasteiger partial charge in [0, 0.05) is 11.8 Å². The molecule has 1 aromatic heterocycles. The second-order valence-electron chi connectivity index (χ2n) is 2.53. The van der Waals surface area contributed by atoms with Crippen LogP contribution in [0.1, 0.15) is 0 Å². The topological polar surface area (TPSA) is 28.7 Å². The number of benzene rings is 1. The molecular formula is C9H5Cl2N2. The number of hydrogen-bond donors (Lipinski definition) is 1. The summed E-state index contributed by atoms with van der Waals surface area (Å²) in [6.07, 6.45) is 4.36. The Morgan fingerprint density at radius 3 is 2.69 bits per heavy atom. The summed E-state index contributed by atoms with van der Waals surface area (Å²) in [5.41, 5.74) is 1.73. The largest absolute Gasteiger partial charge is 0.341 e. The second-order valence-corrected chi connectivity index (χ2v) is 3.34. The maximum absolute atomic E-state index is 5.85. The summed E-state index contributed by atoms with van der Waals surface area (Å²) in [5, 5.41) is 1.08. The van der Waals surface area contributed by atoms with Gasteiger partial charge in [0.15, 0.2) is 6.33 Å². The van der Waals surface area contributed by atoms with E-state index in [4.69, 9.17) is 23.2 Å². The highest BCUT2D eigenvalue weighted by atomic mass is 35.5. The van der Waals surface area contributed by atoms with Crippen LogP contribution in [0.15, 0.2) is 24.4 Å². The van der Waals surface area contributed by atoms with E-state index in [-0.39, 0.29) is 0 Å². The molecule has 0 unspecified atom stereocenters. The molecule has 0 spiro atoms. The van der Waals surface area contributed by atoms with Gasteiger partial charge in [0.25, 0.3) is 0 Å². The zero-order valence-corrected chi connectivity index (χ0v) is 8.02. The third-order valence-electron chi connectivity index (χ3n) is 1.67. The first-order valence-corrected chi connectivity index (χ1v) is 4.40. The van der Waals surface area contributed by atoms with Crippen LogP contribution >= 0.6 is 23.2 Å². The minimum atomic E-state index is 0.530. The molecule has 0 aliphatic rings. The predicted molar refractivity (Wildman–Crippen MR) is 52.9 cm³/mol. The maximum atomic E-state index is 5.85. The molecule has 1 N–H and O–H groups in total. The number of aromatic nitrogens is 2.